The topological polar surface area (TPSA) is 165 Å². The van der Waals surface area contributed by atoms with E-state index in [1.165, 1.54) is 18.1 Å². The highest BCUT2D eigenvalue weighted by Crippen LogP contribution is 2.44. The van der Waals surface area contributed by atoms with Gasteiger partial charge in [-0.1, -0.05) is 0 Å². The molecule has 2 amide bonds. The van der Waals surface area contributed by atoms with Gasteiger partial charge in [-0.3, -0.25) is 24.5 Å². The summed E-state index contributed by atoms with van der Waals surface area (Å²) in [6.45, 7) is 0.625. The number of hydrogen-bond donors (Lipinski definition) is 3. The van der Waals surface area contributed by atoms with E-state index in [-0.39, 0.29) is 19.7 Å². The molecule has 0 spiro atoms. The first-order chi connectivity index (χ1) is 12.3. The molecular formula is C12H19N7O6S. The summed E-state index contributed by atoms with van der Waals surface area (Å²) in [6.07, 6.45) is 1.51. The lowest BCUT2D eigenvalue weighted by Gasteiger charge is -2.31. The molecule has 14 heteroatoms. The summed E-state index contributed by atoms with van der Waals surface area (Å²) >= 11 is 0. The van der Waals surface area contributed by atoms with E-state index in [2.05, 4.69) is 19.9 Å². The molecule has 2 bridgehead atoms. The average Bonchev–Trinajstić information content (AvgIpc) is 3.07. The summed E-state index contributed by atoms with van der Waals surface area (Å²) < 4.78 is 37.2. The van der Waals surface area contributed by atoms with Gasteiger partial charge in [0.2, 0.25) is 0 Å². The summed E-state index contributed by atoms with van der Waals surface area (Å²) in [5, 5.41) is 4.79. The minimum absolute atomic E-state index is 0.120. The third kappa shape index (κ3) is 3.12. The van der Waals surface area contributed by atoms with E-state index < -0.39 is 28.5 Å². The van der Waals surface area contributed by atoms with Gasteiger partial charge in [-0.05, 0) is 0 Å². The van der Waals surface area contributed by atoms with E-state index in [1.807, 2.05) is 0 Å². The van der Waals surface area contributed by atoms with Crippen molar-refractivity contribution in [1.29, 1.82) is 0 Å². The normalized spacial score (nSPS) is 22.8. The Morgan fingerprint density at radius 2 is 2.31 bits per heavy atom. The number of carbonyl (C=O) groups is 1. The summed E-state index contributed by atoms with van der Waals surface area (Å²) in [7, 11) is -1.67. The smallest absolute Gasteiger partial charge is 0.328 e. The summed E-state index contributed by atoms with van der Waals surface area (Å²) in [5.74, 6) is 0.309. The van der Waals surface area contributed by atoms with Gasteiger partial charge in [0.15, 0.2) is 0 Å². The Morgan fingerprint density at radius 3 is 2.92 bits per heavy atom. The van der Waals surface area contributed by atoms with Crippen LogP contribution in [0.5, 0.6) is 0 Å². The van der Waals surface area contributed by atoms with Crippen LogP contribution >= 0.6 is 0 Å². The van der Waals surface area contributed by atoms with Gasteiger partial charge < -0.3 is 10.6 Å². The predicted octanol–water partition coefficient (Wildman–Crippen LogP) is -1.50. The highest BCUT2D eigenvalue weighted by atomic mass is 32.3. The number of rotatable bonds is 6. The van der Waals surface area contributed by atoms with Crippen LogP contribution in [0.1, 0.15) is 23.3 Å². The van der Waals surface area contributed by atoms with Crippen LogP contribution < -0.4 is 11.2 Å². The zero-order valence-corrected chi connectivity index (χ0v) is 14.9. The molecule has 0 radical (unpaired) electrons. The quantitative estimate of drug-likeness (QED) is 0.172. The average molecular weight is 389 g/mol. The minimum Gasteiger partial charge on any atom is -0.328 e. The standard InChI is InChI=1S/C12H19N7O6S/c1-14-11(16-24-4-3-13)10-9-7(5-15-17(9)2)8-6-18(10)12(20)19(8)25-26(21,22)23/h5,8,10H,3-4,6,13H2,1-2H3,(H,14,16)(H,21,22,23)/t8-,10-/m0/s1. The maximum absolute atomic E-state index is 12.7. The van der Waals surface area contributed by atoms with Crippen molar-refractivity contribution in [1.82, 2.24) is 25.2 Å². The minimum atomic E-state index is -4.87. The number of hydroxylamine groups is 3. The Hall–Kier alpha value is -2.26. The molecule has 3 heterocycles. The molecule has 1 aromatic heterocycles. The number of nitrogens with one attached hydrogen (secondary N) is 1. The van der Waals surface area contributed by atoms with Crippen molar-refractivity contribution in [2.45, 2.75) is 12.1 Å². The van der Waals surface area contributed by atoms with Crippen molar-refractivity contribution in [3.63, 3.8) is 0 Å². The number of carbonyl (C=O) groups excluding carboxylic acids is 1. The zero-order valence-electron chi connectivity index (χ0n) is 14.1. The van der Waals surface area contributed by atoms with E-state index in [0.29, 0.717) is 22.2 Å². The second-order valence-corrected chi connectivity index (χ2v) is 6.64. The molecule has 2 atom stereocenters. The molecule has 0 unspecified atom stereocenters. The lowest BCUT2D eigenvalue weighted by molar-refractivity contribution is -0.0316. The SMILES string of the molecule is CN=C(NOCCN)[C@@H]1c2c(cnn2C)[C@@H]2CN1C(=O)N2OS(=O)(=O)O. The number of nitrogens with two attached hydrogens (primary N) is 1. The van der Waals surface area contributed by atoms with Crippen molar-refractivity contribution >= 4 is 22.3 Å². The molecule has 2 aliphatic heterocycles. The summed E-state index contributed by atoms with van der Waals surface area (Å²) in [4.78, 5) is 23.4. The van der Waals surface area contributed by atoms with Crippen LogP contribution in [0.3, 0.4) is 0 Å². The number of fused-ring (bicyclic) bond motifs is 4. The Labute approximate surface area is 149 Å². The van der Waals surface area contributed by atoms with E-state index >= 15 is 0 Å². The number of hydrogen-bond acceptors (Lipinski definition) is 8. The number of aromatic nitrogens is 2. The van der Waals surface area contributed by atoms with Crippen LogP contribution in [0, 0.1) is 0 Å². The first kappa shape index (κ1) is 18.5. The van der Waals surface area contributed by atoms with Gasteiger partial charge in [-0.2, -0.15) is 18.6 Å². The Bertz CT molecular complexity index is 837. The van der Waals surface area contributed by atoms with Gasteiger partial charge in [-0.25, -0.2) is 4.79 Å². The van der Waals surface area contributed by atoms with Crippen LogP contribution in [0.15, 0.2) is 11.2 Å². The Morgan fingerprint density at radius 1 is 1.58 bits per heavy atom. The van der Waals surface area contributed by atoms with Gasteiger partial charge >= 0.3 is 16.4 Å². The molecule has 26 heavy (non-hydrogen) atoms. The van der Waals surface area contributed by atoms with Crippen molar-refractivity contribution in [3.05, 3.63) is 17.5 Å². The van der Waals surface area contributed by atoms with E-state index in [9.17, 15) is 13.2 Å². The number of urea groups is 1. The third-order valence-electron chi connectivity index (χ3n) is 4.10. The van der Waals surface area contributed by atoms with Gasteiger partial charge in [0, 0.05) is 26.2 Å². The lowest BCUT2D eigenvalue weighted by atomic mass is 9.97. The van der Waals surface area contributed by atoms with Crippen molar-refractivity contribution in [2.75, 3.05) is 26.7 Å². The molecule has 1 fully saturated rings. The summed E-state index contributed by atoms with van der Waals surface area (Å²) in [5.41, 5.74) is 9.25. The fourth-order valence-corrected chi connectivity index (χ4v) is 3.48. The van der Waals surface area contributed by atoms with E-state index in [1.54, 1.807) is 11.7 Å². The largest absolute Gasteiger partial charge is 0.418 e. The van der Waals surface area contributed by atoms with Crippen LogP contribution in [0.2, 0.25) is 0 Å². The van der Waals surface area contributed by atoms with Crippen LogP contribution in [-0.4, -0.2) is 71.3 Å². The van der Waals surface area contributed by atoms with E-state index in [0.717, 1.165) is 0 Å². The number of amides is 2. The molecule has 4 N–H and O–H groups in total. The lowest BCUT2D eigenvalue weighted by Crippen LogP contribution is -2.44. The molecule has 0 aromatic carbocycles. The number of nitrogens with zero attached hydrogens (tertiary/aromatic N) is 5. The molecule has 13 nitrogen and oxygen atoms in total. The molecular weight excluding hydrogens is 370 g/mol. The monoisotopic (exact) mass is 389 g/mol. The van der Waals surface area contributed by atoms with Crippen LogP contribution in [0.4, 0.5) is 4.79 Å². The first-order valence-electron chi connectivity index (χ1n) is 7.61. The van der Waals surface area contributed by atoms with Gasteiger partial charge in [-0.15, -0.1) is 4.28 Å². The van der Waals surface area contributed by atoms with Crippen LogP contribution in [-0.2, 0) is 26.6 Å². The molecule has 3 rings (SSSR count). The van der Waals surface area contributed by atoms with Crippen molar-refractivity contribution in [3.8, 4) is 0 Å². The number of amidine groups is 1. The molecule has 144 valence electrons. The van der Waals surface area contributed by atoms with Gasteiger partial charge in [0.05, 0.1) is 25.0 Å². The predicted molar refractivity (Wildman–Crippen MR) is 86.8 cm³/mol. The molecule has 0 aliphatic carbocycles. The third-order valence-corrected chi connectivity index (χ3v) is 4.45. The highest BCUT2D eigenvalue weighted by molar-refractivity contribution is 7.80. The Kier molecular flexibility index (Phi) is 4.85. The fraction of sp³-hybridized carbons (Fsp3) is 0.583. The van der Waals surface area contributed by atoms with Crippen molar-refractivity contribution in [2.24, 2.45) is 17.8 Å². The fourth-order valence-electron chi connectivity index (χ4n) is 3.11. The highest BCUT2D eigenvalue weighted by Gasteiger charge is 2.53. The maximum Gasteiger partial charge on any atom is 0.418 e. The zero-order chi connectivity index (χ0) is 19.1. The van der Waals surface area contributed by atoms with Gasteiger partial charge in [0.1, 0.15) is 17.9 Å². The van der Waals surface area contributed by atoms with Crippen molar-refractivity contribution < 1.29 is 26.9 Å². The summed E-state index contributed by atoms with van der Waals surface area (Å²) in [6, 6.07) is -2.19. The number of aliphatic imine (C=N–C) groups is 1. The Balaban J connectivity index is 2.01. The van der Waals surface area contributed by atoms with Crippen LogP contribution in [0.25, 0.3) is 0 Å². The number of aryl methyl sites for hydroxylation is 1. The molecule has 1 saturated heterocycles. The molecule has 0 saturated carbocycles. The second-order valence-electron chi connectivity index (χ2n) is 5.64. The second kappa shape index (κ2) is 6.81. The molecule has 2 aliphatic rings. The van der Waals surface area contributed by atoms with E-state index in [4.69, 9.17) is 15.1 Å². The first-order valence-corrected chi connectivity index (χ1v) is 8.98. The van der Waals surface area contributed by atoms with Gasteiger partial charge in [0.25, 0.3) is 0 Å². The maximum atomic E-state index is 12.7. The molecule has 1 aromatic rings.